The van der Waals surface area contributed by atoms with Crippen LogP contribution >= 0.6 is 22.9 Å². The fourth-order valence-corrected chi connectivity index (χ4v) is 4.18. The number of aromatic nitrogens is 2. The van der Waals surface area contributed by atoms with Crippen molar-refractivity contribution in [3.63, 3.8) is 0 Å². The summed E-state index contributed by atoms with van der Waals surface area (Å²) >= 11 is 8.04. The van der Waals surface area contributed by atoms with Gasteiger partial charge in [0.25, 0.3) is 5.89 Å². The van der Waals surface area contributed by atoms with Gasteiger partial charge in [0.05, 0.1) is 11.6 Å². The predicted octanol–water partition coefficient (Wildman–Crippen LogP) is 4.00. The maximum Gasteiger partial charge on any atom is 0.259 e. The number of benzene rings is 1. The van der Waals surface area contributed by atoms with E-state index in [2.05, 4.69) is 22.0 Å². The third-order valence-corrected chi connectivity index (χ3v) is 5.71. The summed E-state index contributed by atoms with van der Waals surface area (Å²) in [5, 5.41) is 10.0. The van der Waals surface area contributed by atoms with Gasteiger partial charge in [-0.1, -0.05) is 36.7 Å². The van der Waals surface area contributed by atoms with Crippen molar-refractivity contribution in [2.45, 2.75) is 13.0 Å². The highest BCUT2D eigenvalue weighted by Gasteiger charge is 2.27. The molecule has 5 nitrogen and oxygen atoms in total. The van der Waals surface area contributed by atoms with E-state index in [1.807, 2.05) is 24.3 Å². The van der Waals surface area contributed by atoms with Gasteiger partial charge >= 0.3 is 0 Å². The first-order chi connectivity index (χ1) is 11.3. The monoisotopic (exact) mass is 349 g/mol. The van der Waals surface area contributed by atoms with E-state index in [4.69, 9.17) is 20.8 Å². The number of fused-ring (bicyclic) bond motifs is 1. The average Bonchev–Trinajstić information content (AvgIpc) is 3.20. The van der Waals surface area contributed by atoms with Gasteiger partial charge in [-0.3, -0.25) is 4.90 Å². The van der Waals surface area contributed by atoms with E-state index in [1.165, 1.54) is 0 Å². The van der Waals surface area contributed by atoms with Gasteiger partial charge in [-0.25, -0.2) is 0 Å². The molecule has 120 valence electrons. The first-order valence-corrected chi connectivity index (χ1v) is 8.80. The van der Waals surface area contributed by atoms with E-state index < -0.39 is 0 Å². The van der Waals surface area contributed by atoms with Crippen molar-refractivity contribution >= 4 is 33.0 Å². The molecule has 0 radical (unpaired) electrons. The summed E-state index contributed by atoms with van der Waals surface area (Å²) in [7, 11) is 0. The summed E-state index contributed by atoms with van der Waals surface area (Å²) in [5.41, 5.74) is 0. The van der Waals surface area contributed by atoms with Crippen molar-refractivity contribution in [2.24, 2.45) is 0 Å². The van der Waals surface area contributed by atoms with Gasteiger partial charge in [0, 0.05) is 23.2 Å². The number of thiophene rings is 1. The van der Waals surface area contributed by atoms with Gasteiger partial charge in [0.15, 0.2) is 0 Å². The molecule has 2 aromatic heterocycles. The molecule has 3 aromatic rings. The minimum atomic E-state index is -0.168. The van der Waals surface area contributed by atoms with E-state index >= 15 is 0 Å². The Morgan fingerprint density at radius 2 is 2.22 bits per heavy atom. The van der Waals surface area contributed by atoms with Crippen LogP contribution in [0.15, 0.2) is 28.7 Å². The molecule has 0 bridgehead atoms. The molecule has 1 atom stereocenters. The topological polar surface area (TPSA) is 51.4 Å². The number of hydrogen-bond donors (Lipinski definition) is 0. The number of halogens is 1. The minimum Gasteiger partial charge on any atom is -0.417 e. The summed E-state index contributed by atoms with van der Waals surface area (Å²) in [4.78, 5) is 3.12. The highest BCUT2D eigenvalue weighted by molar-refractivity contribution is 7.23. The Morgan fingerprint density at radius 1 is 1.35 bits per heavy atom. The van der Waals surface area contributed by atoms with Gasteiger partial charge in [-0.15, -0.1) is 21.5 Å². The van der Waals surface area contributed by atoms with Gasteiger partial charge in [-0.05, 0) is 12.6 Å². The molecule has 7 heteroatoms. The Balaban J connectivity index is 1.65. The second kappa shape index (κ2) is 6.20. The van der Waals surface area contributed by atoms with Crippen LogP contribution in [0, 0.1) is 0 Å². The lowest BCUT2D eigenvalue weighted by atomic mass is 10.2. The maximum atomic E-state index is 6.48. The molecule has 0 saturated carbocycles. The molecule has 0 N–H and O–H groups in total. The summed E-state index contributed by atoms with van der Waals surface area (Å²) in [6.07, 6.45) is -0.168. The maximum absolute atomic E-state index is 6.48. The predicted molar refractivity (Wildman–Crippen MR) is 90.9 cm³/mol. The van der Waals surface area contributed by atoms with Crippen LogP contribution in [0.2, 0.25) is 5.02 Å². The molecular weight excluding hydrogens is 334 g/mol. The smallest absolute Gasteiger partial charge is 0.259 e. The fourth-order valence-electron chi connectivity index (χ4n) is 2.75. The Hall–Kier alpha value is -1.47. The molecular formula is C16H16ClN3O2S. The van der Waals surface area contributed by atoms with E-state index in [9.17, 15) is 0 Å². The second-order valence-corrected chi connectivity index (χ2v) is 6.87. The summed E-state index contributed by atoms with van der Waals surface area (Å²) in [5.74, 6) is 0.982. The number of ether oxygens (including phenoxy) is 1. The minimum absolute atomic E-state index is 0.168. The summed E-state index contributed by atoms with van der Waals surface area (Å²) in [6.45, 7) is 5.52. The SMILES string of the molecule is CCN1CCOC(c2nnc(-c3sc4ccccc4c3Cl)o2)C1. The van der Waals surface area contributed by atoms with Crippen molar-refractivity contribution in [1.82, 2.24) is 15.1 Å². The lowest BCUT2D eigenvalue weighted by molar-refractivity contribution is -0.0408. The largest absolute Gasteiger partial charge is 0.417 e. The van der Waals surface area contributed by atoms with Crippen LogP contribution in [0.3, 0.4) is 0 Å². The Morgan fingerprint density at radius 3 is 3.04 bits per heavy atom. The summed E-state index contributed by atoms with van der Waals surface area (Å²) < 4.78 is 12.7. The average molecular weight is 350 g/mol. The third kappa shape index (κ3) is 2.76. The molecule has 1 aliphatic heterocycles. The first kappa shape index (κ1) is 15.1. The quantitative estimate of drug-likeness (QED) is 0.715. The van der Waals surface area contributed by atoms with Crippen molar-refractivity contribution < 1.29 is 9.15 Å². The van der Waals surface area contributed by atoms with E-state index in [-0.39, 0.29) is 6.10 Å². The van der Waals surface area contributed by atoms with Crippen LogP contribution in [-0.2, 0) is 4.74 Å². The highest BCUT2D eigenvalue weighted by atomic mass is 35.5. The molecule has 1 unspecified atom stereocenters. The second-order valence-electron chi connectivity index (χ2n) is 5.44. The van der Waals surface area contributed by atoms with E-state index in [0.29, 0.717) is 23.4 Å². The zero-order valence-electron chi connectivity index (χ0n) is 12.7. The molecule has 1 fully saturated rings. The van der Waals surface area contributed by atoms with Crippen LogP contribution in [0.5, 0.6) is 0 Å². The van der Waals surface area contributed by atoms with Gasteiger partial charge in [-0.2, -0.15) is 0 Å². The van der Waals surface area contributed by atoms with Crippen LogP contribution in [-0.4, -0.2) is 41.3 Å². The number of morpholine rings is 1. The third-order valence-electron chi connectivity index (χ3n) is 4.04. The van der Waals surface area contributed by atoms with E-state index in [0.717, 1.165) is 34.6 Å². The van der Waals surface area contributed by atoms with Crippen molar-refractivity contribution in [3.05, 3.63) is 35.2 Å². The number of hydrogen-bond acceptors (Lipinski definition) is 6. The van der Waals surface area contributed by atoms with Crippen molar-refractivity contribution in [1.29, 1.82) is 0 Å². The first-order valence-electron chi connectivity index (χ1n) is 7.61. The molecule has 1 saturated heterocycles. The molecule has 0 aliphatic carbocycles. The Bertz CT molecular complexity index is 832. The molecule has 4 rings (SSSR count). The van der Waals surface area contributed by atoms with Gasteiger partial charge in [0.2, 0.25) is 5.89 Å². The number of rotatable bonds is 3. The molecule has 0 spiro atoms. The normalized spacial score (nSPS) is 19.5. The molecule has 1 aromatic carbocycles. The molecule has 0 amide bonds. The lowest BCUT2D eigenvalue weighted by Gasteiger charge is -2.29. The molecule has 1 aliphatic rings. The van der Waals surface area contributed by atoms with Crippen LogP contribution in [0.25, 0.3) is 20.9 Å². The fraction of sp³-hybridized carbons (Fsp3) is 0.375. The Kier molecular flexibility index (Phi) is 4.07. The molecule has 23 heavy (non-hydrogen) atoms. The highest BCUT2D eigenvalue weighted by Crippen LogP contribution is 2.41. The van der Waals surface area contributed by atoms with Gasteiger partial charge < -0.3 is 9.15 Å². The van der Waals surface area contributed by atoms with Crippen LogP contribution in [0.1, 0.15) is 18.9 Å². The van der Waals surface area contributed by atoms with Crippen LogP contribution in [0.4, 0.5) is 0 Å². The number of nitrogens with zero attached hydrogens (tertiary/aromatic N) is 3. The van der Waals surface area contributed by atoms with Crippen molar-refractivity contribution in [2.75, 3.05) is 26.2 Å². The summed E-state index contributed by atoms with van der Waals surface area (Å²) in [6, 6.07) is 8.00. The molecule has 3 heterocycles. The Labute approximate surface area is 142 Å². The number of likely N-dealkylation sites (N-methyl/N-ethyl adjacent to an activating group) is 1. The van der Waals surface area contributed by atoms with Crippen molar-refractivity contribution in [3.8, 4) is 10.8 Å². The zero-order valence-corrected chi connectivity index (χ0v) is 14.2. The van der Waals surface area contributed by atoms with E-state index in [1.54, 1.807) is 11.3 Å². The van der Waals surface area contributed by atoms with Crippen LogP contribution < -0.4 is 0 Å². The standard InChI is InChI=1S/C16H16ClN3O2S/c1-2-20-7-8-21-11(9-20)15-18-19-16(22-15)14-13(17)10-5-3-4-6-12(10)23-14/h3-6,11H,2,7-9H2,1H3. The van der Waals surface area contributed by atoms with Gasteiger partial charge in [0.1, 0.15) is 11.0 Å². The lowest BCUT2D eigenvalue weighted by Crippen LogP contribution is -2.38. The zero-order chi connectivity index (χ0) is 15.8.